The van der Waals surface area contributed by atoms with Crippen molar-refractivity contribution < 1.29 is 23.4 Å². The first-order chi connectivity index (χ1) is 9.81. The Morgan fingerprint density at radius 3 is 2.71 bits per heavy atom. The van der Waals surface area contributed by atoms with E-state index in [1.54, 1.807) is 13.1 Å². The Hall–Kier alpha value is -2.39. The van der Waals surface area contributed by atoms with Gasteiger partial charge in [-0.25, -0.2) is 22.9 Å². The molecule has 0 aliphatic rings. The van der Waals surface area contributed by atoms with Crippen LogP contribution in [0.4, 0.5) is 0 Å². The molecule has 1 unspecified atom stereocenters. The monoisotopic (exact) mass is 311 g/mol. The summed E-state index contributed by atoms with van der Waals surface area (Å²) in [6.07, 6.45) is 3.05. The van der Waals surface area contributed by atoms with Gasteiger partial charge < -0.3 is 15.2 Å². The lowest BCUT2D eigenvalue weighted by Crippen LogP contribution is -2.27. The Morgan fingerprint density at radius 1 is 1.43 bits per heavy atom. The molecule has 8 nitrogen and oxygen atoms in total. The molecule has 0 amide bonds. The van der Waals surface area contributed by atoms with Crippen LogP contribution >= 0.6 is 0 Å². The average molecular weight is 311 g/mol. The molecule has 0 aliphatic heterocycles. The van der Waals surface area contributed by atoms with Gasteiger partial charge in [-0.1, -0.05) is 0 Å². The summed E-state index contributed by atoms with van der Waals surface area (Å²) in [5.74, 6) is -1.49. The number of imidazole rings is 1. The highest BCUT2D eigenvalue weighted by Gasteiger charge is 2.22. The van der Waals surface area contributed by atoms with Crippen molar-refractivity contribution in [2.45, 2.75) is 17.9 Å². The Kier molecular flexibility index (Phi) is 3.96. The van der Waals surface area contributed by atoms with E-state index in [0.29, 0.717) is 5.82 Å². The molecule has 0 aliphatic carbocycles. The van der Waals surface area contributed by atoms with Crippen molar-refractivity contribution in [1.82, 2.24) is 14.7 Å². The molecule has 0 bridgehead atoms. The number of aromatic amines is 1. The summed E-state index contributed by atoms with van der Waals surface area (Å²) in [6, 6.07) is 2.43. The number of aromatic carboxylic acids is 1. The van der Waals surface area contributed by atoms with Gasteiger partial charge in [0.1, 0.15) is 17.1 Å². The second-order valence-electron chi connectivity index (χ2n) is 4.30. The molecule has 1 heterocycles. The van der Waals surface area contributed by atoms with Crippen LogP contribution < -0.4 is 4.72 Å². The number of carboxylic acids is 1. The molecule has 4 N–H and O–H groups in total. The molecule has 0 saturated heterocycles. The van der Waals surface area contributed by atoms with Crippen LogP contribution in [0, 0.1) is 0 Å². The number of hydrogen-bond acceptors (Lipinski definition) is 5. The number of phenols is 1. The predicted octanol–water partition coefficient (Wildman–Crippen LogP) is 0.853. The zero-order valence-electron chi connectivity index (χ0n) is 10.9. The number of hydrogen-bond donors (Lipinski definition) is 4. The number of sulfonamides is 1. The fourth-order valence-corrected chi connectivity index (χ4v) is 2.96. The van der Waals surface area contributed by atoms with E-state index in [1.165, 1.54) is 6.20 Å². The van der Waals surface area contributed by atoms with Gasteiger partial charge in [-0.15, -0.1) is 0 Å². The van der Waals surface area contributed by atoms with E-state index in [0.717, 1.165) is 18.2 Å². The van der Waals surface area contributed by atoms with Gasteiger partial charge in [0, 0.05) is 12.4 Å². The summed E-state index contributed by atoms with van der Waals surface area (Å²) in [4.78, 5) is 17.4. The Morgan fingerprint density at radius 2 is 2.14 bits per heavy atom. The molecule has 1 aromatic heterocycles. The van der Waals surface area contributed by atoms with E-state index < -0.39 is 33.3 Å². The van der Waals surface area contributed by atoms with Gasteiger partial charge in [0.2, 0.25) is 10.0 Å². The number of nitrogens with one attached hydrogen (secondary N) is 2. The van der Waals surface area contributed by atoms with Crippen LogP contribution in [0.3, 0.4) is 0 Å². The summed E-state index contributed by atoms with van der Waals surface area (Å²) in [5, 5.41) is 18.3. The molecule has 1 atom stereocenters. The van der Waals surface area contributed by atoms with Crippen molar-refractivity contribution in [2.75, 3.05) is 0 Å². The number of aromatic nitrogens is 2. The summed E-state index contributed by atoms with van der Waals surface area (Å²) >= 11 is 0. The lowest BCUT2D eigenvalue weighted by atomic mass is 10.2. The highest BCUT2D eigenvalue weighted by molar-refractivity contribution is 7.89. The molecular formula is C12H13N3O5S. The fourth-order valence-electron chi connectivity index (χ4n) is 1.72. The second-order valence-corrected chi connectivity index (χ2v) is 6.02. The molecule has 112 valence electrons. The smallest absolute Gasteiger partial charge is 0.339 e. The summed E-state index contributed by atoms with van der Waals surface area (Å²) in [7, 11) is -3.94. The minimum absolute atomic E-state index is 0.254. The zero-order valence-corrected chi connectivity index (χ0v) is 11.8. The summed E-state index contributed by atoms with van der Waals surface area (Å²) in [6.45, 7) is 1.59. The van der Waals surface area contributed by atoms with Crippen molar-refractivity contribution in [1.29, 1.82) is 0 Å². The minimum Gasteiger partial charge on any atom is -0.507 e. The van der Waals surface area contributed by atoms with E-state index in [2.05, 4.69) is 14.7 Å². The summed E-state index contributed by atoms with van der Waals surface area (Å²) < 4.78 is 26.8. The van der Waals surface area contributed by atoms with Gasteiger partial charge >= 0.3 is 5.97 Å². The van der Waals surface area contributed by atoms with Crippen molar-refractivity contribution in [3.63, 3.8) is 0 Å². The van der Waals surface area contributed by atoms with Gasteiger partial charge in [0.25, 0.3) is 0 Å². The van der Waals surface area contributed by atoms with E-state index >= 15 is 0 Å². The molecule has 9 heteroatoms. The second kappa shape index (κ2) is 5.54. The molecule has 0 saturated carbocycles. The van der Waals surface area contributed by atoms with Crippen LogP contribution in [0.5, 0.6) is 5.75 Å². The first kappa shape index (κ1) is 15.0. The average Bonchev–Trinajstić information content (AvgIpc) is 2.92. The lowest BCUT2D eigenvalue weighted by Gasteiger charge is -2.12. The molecular weight excluding hydrogens is 298 g/mol. The zero-order chi connectivity index (χ0) is 15.6. The third-order valence-electron chi connectivity index (χ3n) is 2.77. The first-order valence-corrected chi connectivity index (χ1v) is 7.37. The number of carbonyl (C=O) groups is 1. The van der Waals surface area contributed by atoms with Gasteiger partial charge in [-0.2, -0.15) is 0 Å². The van der Waals surface area contributed by atoms with E-state index in [4.69, 9.17) is 5.11 Å². The SMILES string of the molecule is CC(NS(=O)(=O)c1ccc(O)c(C(=O)O)c1)c1ncc[nH]1. The normalized spacial score (nSPS) is 13.0. The van der Waals surface area contributed by atoms with Crippen molar-refractivity contribution in [3.8, 4) is 5.75 Å². The maximum atomic E-state index is 12.2. The minimum atomic E-state index is -3.94. The maximum absolute atomic E-state index is 12.2. The van der Waals surface area contributed by atoms with Crippen LogP contribution in [0.2, 0.25) is 0 Å². The van der Waals surface area contributed by atoms with Crippen LogP contribution in [0.1, 0.15) is 29.1 Å². The van der Waals surface area contributed by atoms with Crippen LogP contribution in [-0.4, -0.2) is 34.6 Å². The Labute approximate surface area is 120 Å². The van der Waals surface area contributed by atoms with Gasteiger partial charge in [-0.3, -0.25) is 0 Å². The third-order valence-corrected chi connectivity index (χ3v) is 4.31. The number of rotatable bonds is 5. The van der Waals surface area contributed by atoms with Crippen molar-refractivity contribution >= 4 is 16.0 Å². The molecule has 21 heavy (non-hydrogen) atoms. The fraction of sp³-hybridized carbons (Fsp3) is 0.167. The molecule has 2 rings (SSSR count). The summed E-state index contributed by atoms with van der Waals surface area (Å²) in [5.41, 5.74) is -0.483. The number of nitrogens with zero attached hydrogens (tertiary/aromatic N) is 1. The third kappa shape index (κ3) is 3.20. The number of carboxylic acid groups (broad SMARTS) is 1. The van der Waals surface area contributed by atoms with Gasteiger partial charge in [0.05, 0.1) is 10.9 Å². The highest BCUT2D eigenvalue weighted by Crippen LogP contribution is 2.22. The Bertz CT molecular complexity index is 755. The molecule has 0 spiro atoms. The topological polar surface area (TPSA) is 132 Å². The standard InChI is InChI=1S/C12H13N3O5S/c1-7(11-13-4-5-14-11)15-21(19,20)8-2-3-10(16)9(6-8)12(17)18/h2-7,15-16H,1H3,(H,13,14)(H,17,18). The largest absolute Gasteiger partial charge is 0.507 e. The first-order valence-electron chi connectivity index (χ1n) is 5.89. The quantitative estimate of drug-likeness (QED) is 0.647. The van der Waals surface area contributed by atoms with Crippen LogP contribution in [0.25, 0.3) is 0 Å². The number of H-pyrrole nitrogens is 1. The molecule has 1 aromatic carbocycles. The van der Waals surface area contributed by atoms with Crippen LogP contribution in [0.15, 0.2) is 35.5 Å². The van der Waals surface area contributed by atoms with Gasteiger partial charge in [-0.05, 0) is 25.1 Å². The predicted molar refractivity (Wildman–Crippen MR) is 72.4 cm³/mol. The number of aromatic hydroxyl groups is 1. The lowest BCUT2D eigenvalue weighted by molar-refractivity contribution is 0.0693. The van der Waals surface area contributed by atoms with Crippen molar-refractivity contribution in [2.24, 2.45) is 0 Å². The van der Waals surface area contributed by atoms with E-state index in [-0.39, 0.29) is 4.90 Å². The van der Waals surface area contributed by atoms with E-state index in [9.17, 15) is 18.3 Å². The molecule has 0 radical (unpaired) electrons. The van der Waals surface area contributed by atoms with Gasteiger partial charge in [0.15, 0.2) is 0 Å². The van der Waals surface area contributed by atoms with E-state index in [1.807, 2.05) is 0 Å². The van der Waals surface area contributed by atoms with Crippen molar-refractivity contribution in [3.05, 3.63) is 42.0 Å². The maximum Gasteiger partial charge on any atom is 0.339 e. The highest BCUT2D eigenvalue weighted by atomic mass is 32.2. The van der Waals surface area contributed by atoms with Crippen LogP contribution in [-0.2, 0) is 10.0 Å². The number of benzene rings is 1. The Balaban J connectivity index is 2.32. The molecule has 2 aromatic rings. The molecule has 0 fully saturated rings.